The zero-order chi connectivity index (χ0) is 23.9. The summed E-state index contributed by atoms with van der Waals surface area (Å²) in [5.41, 5.74) is 1.96. The van der Waals surface area contributed by atoms with Crippen molar-refractivity contribution in [1.82, 2.24) is 9.80 Å². The van der Waals surface area contributed by atoms with Crippen LogP contribution in [0.5, 0.6) is 5.75 Å². The lowest BCUT2D eigenvalue weighted by Gasteiger charge is -2.47. The predicted octanol–water partition coefficient (Wildman–Crippen LogP) is 2.38. The summed E-state index contributed by atoms with van der Waals surface area (Å²) in [4.78, 5) is 53.6. The summed E-state index contributed by atoms with van der Waals surface area (Å²) in [5, 5.41) is 5.64. The Kier molecular flexibility index (Phi) is 5.47. The highest BCUT2D eigenvalue weighted by Crippen LogP contribution is 2.39. The Labute approximate surface area is 197 Å². The van der Waals surface area contributed by atoms with Gasteiger partial charge in [-0.25, -0.2) is 0 Å². The fourth-order valence-corrected chi connectivity index (χ4v) is 5.08. The van der Waals surface area contributed by atoms with Crippen LogP contribution in [0.1, 0.15) is 42.1 Å². The molecule has 4 amide bonds. The average Bonchev–Trinajstić information content (AvgIpc) is 3.16. The minimum Gasteiger partial charge on any atom is -0.482 e. The molecule has 9 heteroatoms. The smallest absolute Gasteiger partial charge is 0.262 e. The fraction of sp³-hybridized carbons (Fsp3) is 0.360. The van der Waals surface area contributed by atoms with Crippen LogP contribution in [0.3, 0.4) is 0 Å². The van der Waals surface area contributed by atoms with E-state index in [1.54, 1.807) is 23.1 Å². The van der Waals surface area contributed by atoms with Crippen LogP contribution in [0.2, 0.25) is 0 Å². The zero-order valence-electron chi connectivity index (χ0n) is 18.9. The molecule has 3 aliphatic heterocycles. The van der Waals surface area contributed by atoms with Gasteiger partial charge in [0.1, 0.15) is 5.75 Å². The summed E-state index contributed by atoms with van der Waals surface area (Å²) in [7, 11) is 0. The van der Waals surface area contributed by atoms with Gasteiger partial charge in [-0.15, -0.1) is 0 Å². The molecule has 34 heavy (non-hydrogen) atoms. The van der Waals surface area contributed by atoms with Crippen molar-refractivity contribution in [2.45, 2.75) is 38.3 Å². The van der Waals surface area contributed by atoms with Gasteiger partial charge in [-0.3, -0.25) is 19.2 Å². The minimum absolute atomic E-state index is 0.00703. The maximum Gasteiger partial charge on any atom is 0.262 e. The van der Waals surface area contributed by atoms with Gasteiger partial charge < -0.3 is 25.2 Å². The quantitative estimate of drug-likeness (QED) is 0.725. The Morgan fingerprint density at radius 3 is 2.62 bits per heavy atom. The van der Waals surface area contributed by atoms with E-state index in [1.807, 2.05) is 29.2 Å². The van der Waals surface area contributed by atoms with Crippen molar-refractivity contribution < 1.29 is 23.9 Å². The van der Waals surface area contributed by atoms with Crippen LogP contribution < -0.4 is 15.4 Å². The van der Waals surface area contributed by atoms with E-state index in [2.05, 4.69) is 10.6 Å². The number of hydrogen-bond acceptors (Lipinski definition) is 5. The molecule has 2 aromatic carbocycles. The normalized spacial score (nSPS) is 18.5. The molecule has 2 aromatic rings. The number of anilines is 2. The third kappa shape index (κ3) is 3.98. The van der Waals surface area contributed by atoms with Gasteiger partial charge in [0.2, 0.25) is 11.8 Å². The van der Waals surface area contributed by atoms with Crippen LogP contribution in [-0.4, -0.2) is 58.7 Å². The summed E-state index contributed by atoms with van der Waals surface area (Å²) < 4.78 is 5.37. The van der Waals surface area contributed by atoms with Crippen LogP contribution in [0.25, 0.3) is 0 Å². The van der Waals surface area contributed by atoms with Gasteiger partial charge >= 0.3 is 0 Å². The first-order valence-electron chi connectivity index (χ1n) is 11.4. The summed E-state index contributed by atoms with van der Waals surface area (Å²) in [6.45, 7) is 2.93. The number of carbonyl (C=O) groups is 4. The molecule has 176 valence electrons. The number of benzene rings is 2. The molecule has 0 radical (unpaired) electrons. The van der Waals surface area contributed by atoms with E-state index >= 15 is 0 Å². The molecular formula is C25H26N4O5. The van der Waals surface area contributed by atoms with E-state index < -0.39 is 5.54 Å². The molecule has 0 saturated carbocycles. The van der Waals surface area contributed by atoms with Gasteiger partial charge in [-0.2, -0.15) is 0 Å². The molecule has 3 aliphatic rings. The second-order valence-corrected chi connectivity index (χ2v) is 9.05. The van der Waals surface area contributed by atoms with Gasteiger partial charge in [0.15, 0.2) is 6.61 Å². The van der Waals surface area contributed by atoms with Crippen molar-refractivity contribution in [1.29, 1.82) is 0 Å². The molecule has 0 atom stereocenters. The molecule has 1 fully saturated rings. The van der Waals surface area contributed by atoms with Gasteiger partial charge in [-0.1, -0.05) is 18.2 Å². The SMILES string of the molecule is CC(=O)N1CCC(CC(=O)Nc2ccc3c(c2)NC(=O)CO3)(N2Cc3ccccc3C2=O)CC1. The molecule has 0 aromatic heterocycles. The predicted molar refractivity (Wildman–Crippen MR) is 124 cm³/mol. The van der Waals surface area contributed by atoms with Crippen molar-refractivity contribution >= 4 is 35.0 Å². The summed E-state index contributed by atoms with van der Waals surface area (Å²) in [6.07, 6.45) is 1.15. The maximum absolute atomic E-state index is 13.3. The van der Waals surface area contributed by atoms with Gasteiger partial charge in [0.25, 0.3) is 11.8 Å². The Bertz CT molecular complexity index is 1190. The second-order valence-electron chi connectivity index (χ2n) is 9.05. The number of piperidine rings is 1. The van der Waals surface area contributed by atoms with Crippen LogP contribution >= 0.6 is 0 Å². The summed E-state index contributed by atoms with van der Waals surface area (Å²) >= 11 is 0. The number of likely N-dealkylation sites (tertiary alicyclic amines) is 1. The third-order valence-electron chi connectivity index (χ3n) is 6.92. The van der Waals surface area contributed by atoms with Crippen LogP contribution in [-0.2, 0) is 20.9 Å². The molecular weight excluding hydrogens is 436 g/mol. The lowest BCUT2D eigenvalue weighted by atomic mass is 9.82. The number of carbonyl (C=O) groups excluding carboxylic acids is 4. The number of nitrogens with one attached hydrogen (secondary N) is 2. The first kappa shape index (κ1) is 21.9. The highest BCUT2D eigenvalue weighted by Gasteiger charge is 2.47. The number of hydrogen-bond donors (Lipinski definition) is 2. The largest absolute Gasteiger partial charge is 0.482 e. The first-order valence-corrected chi connectivity index (χ1v) is 11.4. The number of ether oxygens (including phenoxy) is 1. The molecule has 0 unspecified atom stereocenters. The number of nitrogens with zero attached hydrogens (tertiary/aromatic N) is 2. The Morgan fingerprint density at radius 1 is 1.12 bits per heavy atom. The van der Waals surface area contributed by atoms with Gasteiger partial charge in [-0.05, 0) is 42.7 Å². The lowest BCUT2D eigenvalue weighted by Crippen LogP contribution is -2.57. The molecule has 2 N–H and O–H groups in total. The van der Waals surface area contributed by atoms with Crippen molar-refractivity contribution in [2.24, 2.45) is 0 Å². The molecule has 1 saturated heterocycles. The standard InChI is InChI=1S/C25H26N4O5/c1-16(30)28-10-8-25(9-11-28,29-14-17-4-2-3-5-19(17)24(29)33)13-22(31)26-18-6-7-21-20(12-18)27-23(32)15-34-21/h2-7,12H,8-11,13-15H2,1H3,(H,26,31)(H,27,32). The Hall–Kier alpha value is -3.88. The van der Waals surface area contributed by atoms with E-state index in [9.17, 15) is 19.2 Å². The van der Waals surface area contributed by atoms with Crippen LogP contribution in [0, 0.1) is 0 Å². The van der Waals surface area contributed by atoms with Crippen molar-refractivity contribution in [3.8, 4) is 5.75 Å². The van der Waals surface area contributed by atoms with Crippen molar-refractivity contribution in [2.75, 3.05) is 30.3 Å². The van der Waals surface area contributed by atoms with Gasteiger partial charge in [0, 0.05) is 37.8 Å². The van der Waals surface area contributed by atoms with Crippen molar-refractivity contribution in [3.05, 3.63) is 53.6 Å². The second kappa shape index (κ2) is 8.48. The lowest BCUT2D eigenvalue weighted by molar-refractivity contribution is -0.131. The highest BCUT2D eigenvalue weighted by atomic mass is 16.5. The van der Waals surface area contributed by atoms with Gasteiger partial charge in [0.05, 0.1) is 17.6 Å². The molecule has 3 heterocycles. The van der Waals surface area contributed by atoms with E-state index in [0.717, 1.165) is 5.56 Å². The molecule has 0 aliphatic carbocycles. The highest BCUT2D eigenvalue weighted by molar-refractivity contribution is 6.00. The molecule has 5 rings (SSSR count). The molecule has 9 nitrogen and oxygen atoms in total. The van der Waals surface area contributed by atoms with E-state index in [0.29, 0.717) is 55.2 Å². The Morgan fingerprint density at radius 2 is 1.88 bits per heavy atom. The summed E-state index contributed by atoms with van der Waals surface area (Å²) in [5.74, 6) is -0.0193. The monoisotopic (exact) mass is 462 g/mol. The first-order chi connectivity index (χ1) is 16.3. The topological polar surface area (TPSA) is 108 Å². The summed E-state index contributed by atoms with van der Waals surface area (Å²) in [6, 6.07) is 12.6. The molecule has 0 bridgehead atoms. The Balaban J connectivity index is 1.37. The van der Waals surface area contributed by atoms with E-state index in [1.165, 1.54) is 6.92 Å². The maximum atomic E-state index is 13.3. The number of fused-ring (bicyclic) bond motifs is 2. The minimum atomic E-state index is -0.697. The van der Waals surface area contributed by atoms with Crippen molar-refractivity contribution in [3.63, 3.8) is 0 Å². The average molecular weight is 463 g/mol. The number of amides is 4. The van der Waals surface area contributed by atoms with E-state index in [-0.39, 0.29) is 36.7 Å². The third-order valence-corrected chi connectivity index (χ3v) is 6.92. The van der Waals surface area contributed by atoms with Crippen LogP contribution in [0.15, 0.2) is 42.5 Å². The number of rotatable bonds is 4. The zero-order valence-corrected chi connectivity index (χ0v) is 18.9. The van der Waals surface area contributed by atoms with E-state index in [4.69, 9.17) is 4.74 Å². The molecule has 0 spiro atoms. The fourth-order valence-electron chi connectivity index (χ4n) is 5.08. The van der Waals surface area contributed by atoms with Crippen LogP contribution in [0.4, 0.5) is 11.4 Å².